The molecule has 0 aromatic carbocycles. The maximum absolute atomic E-state index is 13.2. The van der Waals surface area contributed by atoms with E-state index >= 15 is 0 Å². The van der Waals surface area contributed by atoms with Gasteiger partial charge in [0.25, 0.3) is 12.3 Å². The topological polar surface area (TPSA) is 102 Å². The number of halogens is 4. The summed E-state index contributed by atoms with van der Waals surface area (Å²) in [7, 11) is 0. The van der Waals surface area contributed by atoms with Crippen LogP contribution in [0.15, 0.2) is 24.4 Å². The van der Waals surface area contributed by atoms with Crippen molar-refractivity contribution in [2.75, 3.05) is 24.1 Å². The second kappa shape index (κ2) is 8.82. The molecule has 1 saturated heterocycles. The predicted molar refractivity (Wildman–Crippen MR) is 131 cm³/mol. The number of nitrogens with one attached hydrogen (secondary N) is 1. The third kappa shape index (κ3) is 4.45. The van der Waals surface area contributed by atoms with Gasteiger partial charge in [0.2, 0.25) is 5.95 Å². The predicted octanol–water partition coefficient (Wildman–Crippen LogP) is 3.97. The highest BCUT2D eigenvalue weighted by molar-refractivity contribution is 5.88. The number of fused-ring (bicyclic) bond motifs is 2. The molecule has 0 unspecified atom stereocenters. The van der Waals surface area contributed by atoms with Gasteiger partial charge in [-0.15, -0.1) is 5.10 Å². The summed E-state index contributed by atoms with van der Waals surface area (Å²) >= 11 is 0. The molecule has 0 amide bonds. The van der Waals surface area contributed by atoms with Crippen molar-refractivity contribution in [2.45, 2.75) is 63.6 Å². The van der Waals surface area contributed by atoms with Gasteiger partial charge in [-0.25, -0.2) is 32.0 Å². The Hall–Kier alpha value is -3.48. The number of anilines is 2. The molecule has 2 aliphatic rings. The molecule has 0 bridgehead atoms. The van der Waals surface area contributed by atoms with Crippen molar-refractivity contribution in [1.29, 1.82) is 0 Å². The molecule has 37 heavy (non-hydrogen) atoms. The Morgan fingerprint density at radius 2 is 1.86 bits per heavy atom. The van der Waals surface area contributed by atoms with E-state index in [1.165, 1.54) is 4.57 Å². The van der Waals surface area contributed by atoms with Crippen molar-refractivity contribution < 1.29 is 17.6 Å². The molecular formula is C24H27F4N9. The maximum atomic E-state index is 13.2. The molecule has 1 saturated carbocycles. The van der Waals surface area contributed by atoms with E-state index in [4.69, 9.17) is 5.73 Å². The number of piperidine rings is 1. The third-order valence-corrected chi connectivity index (χ3v) is 7.37. The van der Waals surface area contributed by atoms with Crippen LogP contribution in [-0.2, 0) is 6.54 Å². The van der Waals surface area contributed by atoms with E-state index in [0.717, 1.165) is 25.9 Å². The Kier molecular flexibility index (Phi) is 5.70. The lowest BCUT2D eigenvalue weighted by Crippen LogP contribution is -2.54. The molecule has 2 fully saturated rings. The van der Waals surface area contributed by atoms with E-state index in [1.54, 1.807) is 29.8 Å². The number of alkyl halides is 4. The number of nitrogens with zero attached hydrogens (tertiary/aromatic N) is 7. The number of rotatable bonds is 6. The summed E-state index contributed by atoms with van der Waals surface area (Å²) in [5.41, 5.74) is 9.05. The van der Waals surface area contributed by atoms with Crippen molar-refractivity contribution >= 4 is 28.4 Å². The van der Waals surface area contributed by atoms with Crippen molar-refractivity contribution in [1.82, 2.24) is 34.0 Å². The SMILES string of the molecule is Cc1nc2ccc(-c3ccn4nc(NC5CCN(C6CC(F)(F)C6)CC5)nc(N)c34)nc2n1CC(F)F. The average molecular weight is 518 g/mol. The van der Waals surface area contributed by atoms with Gasteiger partial charge < -0.3 is 15.6 Å². The minimum atomic E-state index is -2.53. The van der Waals surface area contributed by atoms with E-state index in [-0.39, 0.29) is 30.7 Å². The molecule has 3 N–H and O–H groups in total. The van der Waals surface area contributed by atoms with Crippen LogP contribution in [0, 0.1) is 6.92 Å². The highest BCUT2D eigenvalue weighted by atomic mass is 19.3. The van der Waals surface area contributed by atoms with Gasteiger partial charge in [0.1, 0.15) is 16.9 Å². The second-order valence-electron chi connectivity index (χ2n) is 9.92. The minimum absolute atomic E-state index is 0.0248. The molecule has 5 heterocycles. The summed E-state index contributed by atoms with van der Waals surface area (Å²) in [6.45, 7) is 2.69. The summed E-state index contributed by atoms with van der Waals surface area (Å²) in [5, 5.41) is 7.89. The number of imidazole rings is 1. The largest absolute Gasteiger partial charge is 0.382 e. The number of hydrogen-bond donors (Lipinski definition) is 2. The first-order chi connectivity index (χ1) is 17.7. The van der Waals surface area contributed by atoms with Gasteiger partial charge in [0.15, 0.2) is 11.5 Å². The first-order valence-electron chi connectivity index (χ1n) is 12.3. The lowest BCUT2D eigenvalue weighted by atomic mass is 9.85. The number of likely N-dealkylation sites (tertiary alicyclic amines) is 1. The van der Waals surface area contributed by atoms with Gasteiger partial charge in [-0.05, 0) is 38.0 Å². The first-order valence-corrected chi connectivity index (χ1v) is 12.3. The van der Waals surface area contributed by atoms with Gasteiger partial charge in [0, 0.05) is 49.8 Å². The first kappa shape index (κ1) is 23.9. The van der Waals surface area contributed by atoms with E-state index < -0.39 is 18.9 Å². The van der Waals surface area contributed by atoms with Crippen LogP contribution < -0.4 is 11.1 Å². The van der Waals surface area contributed by atoms with Crippen LogP contribution in [0.1, 0.15) is 31.5 Å². The molecule has 9 nitrogen and oxygen atoms in total. The van der Waals surface area contributed by atoms with Crippen molar-refractivity contribution in [3.8, 4) is 11.3 Å². The fourth-order valence-corrected chi connectivity index (χ4v) is 5.42. The van der Waals surface area contributed by atoms with Crippen LogP contribution in [0.5, 0.6) is 0 Å². The molecule has 4 aromatic heterocycles. The van der Waals surface area contributed by atoms with Gasteiger partial charge >= 0.3 is 0 Å². The molecule has 0 spiro atoms. The Bertz CT molecular complexity index is 1450. The molecule has 4 aromatic rings. The number of aryl methyl sites for hydroxylation is 1. The standard InChI is InChI=1S/C24H27F4N9/c1-13-30-18-3-2-17(32-22(18)36(13)12-19(25)26)16-6-9-37-20(16)21(29)33-23(34-37)31-14-4-7-35(8-5-14)15-10-24(27,28)11-15/h2-3,6,9,14-15,19H,4-5,7-8,10-12H2,1H3,(H3,29,31,33,34). The highest BCUT2D eigenvalue weighted by Gasteiger charge is 2.48. The molecule has 6 rings (SSSR count). The number of aromatic nitrogens is 6. The van der Waals surface area contributed by atoms with E-state index in [0.29, 0.717) is 39.7 Å². The van der Waals surface area contributed by atoms with Gasteiger partial charge in [0.05, 0.1) is 12.2 Å². The Morgan fingerprint density at radius 1 is 1.11 bits per heavy atom. The maximum Gasteiger partial charge on any atom is 0.256 e. The fourth-order valence-electron chi connectivity index (χ4n) is 5.42. The zero-order chi connectivity index (χ0) is 25.9. The Balaban J connectivity index is 1.21. The number of nitrogen functional groups attached to an aromatic ring is 1. The van der Waals surface area contributed by atoms with E-state index in [2.05, 4.69) is 30.3 Å². The summed E-state index contributed by atoms with van der Waals surface area (Å²) in [6, 6.07) is 5.43. The zero-order valence-corrected chi connectivity index (χ0v) is 20.2. The summed E-state index contributed by atoms with van der Waals surface area (Å²) < 4.78 is 55.7. The minimum Gasteiger partial charge on any atom is -0.382 e. The third-order valence-electron chi connectivity index (χ3n) is 7.37. The van der Waals surface area contributed by atoms with Crippen LogP contribution in [-0.4, -0.2) is 71.6 Å². The number of pyridine rings is 1. The molecule has 1 aliphatic carbocycles. The quantitative estimate of drug-likeness (QED) is 0.373. The highest BCUT2D eigenvalue weighted by Crippen LogP contribution is 2.41. The number of hydrogen-bond acceptors (Lipinski definition) is 7. The van der Waals surface area contributed by atoms with Crippen LogP contribution in [0.3, 0.4) is 0 Å². The molecule has 0 radical (unpaired) electrons. The van der Waals surface area contributed by atoms with Crippen LogP contribution >= 0.6 is 0 Å². The lowest BCUT2D eigenvalue weighted by Gasteiger charge is -2.45. The Morgan fingerprint density at radius 3 is 2.57 bits per heavy atom. The normalized spacial score (nSPS) is 19.2. The van der Waals surface area contributed by atoms with Crippen molar-refractivity contribution in [3.05, 3.63) is 30.2 Å². The van der Waals surface area contributed by atoms with E-state index in [1.807, 2.05) is 6.07 Å². The zero-order valence-electron chi connectivity index (χ0n) is 20.2. The van der Waals surface area contributed by atoms with Gasteiger partial charge in [-0.1, -0.05) is 0 Å². The van der Waals surface area contributed by atoms with Crippen molar-refractivity contribution in [2.24, 2.45) is 0 Å². The monoisotopic (exact) mass is 517 g/mol. The summed E-state index contributed by atoms with van der Waals surface area (Å²) in [6.07, 6.45) is 0.731. The Labute approximate surface area is 209 Å². The smallest absolute Gasteiger partial charge is 0.256 e. The van der Waals surface area contributed by atoms with Crippen LogP contribution in [0.4, 0.5) is 29.3 Å². The lowest BCUT2D eigenvalue weighted by molar-refractivity contribution is -0.127. The number of nitrogens with two attached hydrogens (primary N) is 1. The average Bonchev–Trinajstić information content (AvgIpc) is 3.39. The van der Waals surface area contributed by atoms with Crippen LogP contribution in [0.25, 0.3) is 27.9 Å². The molecule has 13 heteroatoms. The molecule has 1 aliphatic heterocycles. The van der Waals surface area contributed by atoms with Crippen LogP contribution in [0.2, 0.25) is 0 Å². The van der Waals surface area contributed by atoms with Crippen molar-refractivity contribution in [3.63, 3.8) is 0 Å². The van der Waals surface area contributed by atoms with Gasteiger partial charge in [-0.3, -0.25) is 4.90 Å². The molecule has 196 valence electrons. The summed E-state index contributed by atoms with van der Waals surface area (Å²) in [5.74, 6) is -1.40. The molecule has 0 atom stereocenters. The summed E-state index contributed by atoms with van der Waals surface area (Å²) in [4.78, 5) is 15.5. The molecular weight excluding hydrogens is 490 g/mol. The van der Waals surface area contributed by atoms with Gasteiger partial charge in [-0.2, -0.15) is 4.98 Å². The second-order valence-corrected chi connectivity index (χ2v) is 9.92. The van der Waals surface area contributed by atoms with E-state index in [9.17, 15) is 17.6 Å². The fraction of sp³-hybridized carbons (Fsp3) is 0.500.